The molecule has 0 saturated carbocycles. The molecule has 3 N–H and O–H groups in total. The van der Waals surface area contributed by atoms with Crippen molar-refractivity contribution in [2.75, 3.05) is 32.0 Å². The Bertz CT molecular complexity index is 838. The maximum atomic E-state index is 13.3. The van der Waals surface area contributed by atoms with Gasteiger partial charge in [-0.05, 0) is 37.6 Å². The Kier molecular flexibility index (Phi) is 6.79. The number of alkyl halides is 3. The summed E-state index contributed by atoms with van der Waals surface area (Å²) in [5.41, 5.74) is 5.19. The van der Waals surface area contributed by atoms with Crippen LogP contribution in [0, 0.1) is 0 Å². The molecule has 10 heteroatoms. The van der Waals surface area contributed by atoms with E-state index in [9.17, 15) is 18.3 Å². The number of hydrogen-bond donors (Lipinski definition) is 2. The molecule has 30 heavy (non-hydrogen) atoms. The molecule has 0 radical (unpaired) electrons. The Labute approximate surface area is 172 Å². The number of halogens is 3. The summed E-state index contributed by atoms with van der Waals surface area (Å²) >= 11 is 0. The molecule has 1 aromatic carbocycles. The third-order valence-corrected chi connectivity index (χ3v) is 4.65. The Morgan fingerprint density at radius 1 is 1.17 bits per heavy atom. The predicted octanol–water partition coefficient (Wildman–Crippen LogP) is 2.59. The Balaban J connectivity index is 1.71. The molecule has 3 atom stereocenters. The molecule has 164 valence electrons. The van der Waals surface area contributed by atoms with Gasteiger partial charge in [0.25, 0.3) is 0 Å². The summed E-state index contributed by atoms with van der Waals surface area (Å²) in [6.07, 6.45) is -2.62. The smallest absolute Gasteiger partial charge is 0.416 e. The number of nitrogen functional groups attached to an aromatic ring is 1. The van der Waals surface area contributed by atoms with E-state index in [1.165, 1.54) is 18.5 Å². The summed E-state index contributed by atoms with van der Waals surface area (Å²) in [6, 6.07) is 3.36. The summed E-state index contributed by atoms with van der Waals surface area (Å²) < 4.78 is 51.2. The number of aliphatic hydroxyl groups is 1. The Hall–Kier alpha value is -2.43. The number of morpholine rings is 1. The summed E-state index contributed by atoms with van der Waals surface area (Å²) in [5, 5.41) is 10.3. The summed E-state index contributed by atoms with van der Waals surface area (Å²) in [7, 11) is 0. The number of rotatable bonds is 6. The van der Waals surface area contributed by atoms with Gasteiger partial charge in [0.05, 0.1) is 17.8 Å². The molecule has 1 unspecified atom stereocenters. The first-order valence-electron chi connectivity index (χ1n) is 9.59. The largest absolute Gasteiger partial charge is 0.491 e. The lowest BCUT2D eigenvalue weighted by Crippen LogP contribution is -2.48. The molecule has 0 amide bonds. The molecule has 1 aliphatic rings. The predicted molar refractivity (Wildman–Crippen MR) is 105 cm³/mol. The zero-order valence-electron chi connectivity index (χ0n) is 16.8. The highest BCUT2D eigenvalue weighted by atomic mass is 19.4. The van der Waals surface area contributed by atoms with Crippen LogP contribution in [0.2, 0.25) is 0 Å². The number of nitrogens with zero attached hydrogens (tertiary/aromatic N) is 3. The van der Waals surface area contributed by atoms with E-state index in [2.05, 4.69) is 14.9 Å². The van der Waals surface area contributed by atoms with Gasteiger partial charge < -0.3 is 20.3 Å². The molecule has 0 bridgehead atoms. The minimum atomic E-state index is -4.55. The van der Waals surface area contributed by atoms with Crippen molar-refractivity contribution in [3.05, 3.63) is 36.2 Å². The highest BCUT2D eigenvalue weighted by molar-refractivity contribution is 5.65. The van der Waals surface area contributed by atoms with Crippen molar-refractivity contribution in [2.45, 2.75) is 38.3 Å². The molecule has 1 saturated heterocycles. The number of aliphatic hydroxyl groups excluding tert-OH is 1. The number of aromatic nitrogens is 2. The van der Waals surface area contributed by atoms with E-state index in [0.717, 1.165) is 12.1 Å². The van der Waals surface area contributed by atoms with E-state index in [1.54, 1.807) is 0 Å². The van der Waals surface area contributed by atoms with Crippen LogP contribution < -0.4 is 10.5 Å². The van der Waals surface area contributed by atoms with E-state index in [0.29, 0.717) is 25.2 Å². The number of β-amino-alcohol motifs (C(OH)–C–C–N with tert-alkyl or cyclic N) is 1. The van der Waals surface area contributed by atoms with Gasteiger partial charge in [0, 0.05) is 37.6 Å². The molecule has 1 aliphatic heterocycles. The number of benzene rings is 1. The van der Waals surface area contributed by atoms with E-state index in [4.69, 9.17) is 15.2 Å². The number of ether oxygens (including phenoxy) is 2. The van der Waals surface area contributed by atoms with Crippen LogP contribution in [0.25, 0.3) is 11.1 Å². The lowest BCUT2D eigenvalue weighted by atomic mass is 10.0. The monoisotopic (exact) mass is 426 g/mol. The van der Waals surface area contributed by atoms with Crippen LogP contribution in [0.3, 0.4) is 0 Å². The minimum absolute atomic E-state index is 0.000543. The van der Waals surface area contributed by atoms with Gasteiger partial charge in [-0.15, -0.1) is 0 Å². The van der Waals surface area contributed by atoms with Gasteiger partial charge in [0.1, 0.15) is 18.5 Å². The van der Waals surface area contributed by atoms with Crippen molar-refractivity contribution in [1.29, 1.82) is 0 Å². The van der Waals surface area contributed by atoms with Crippen LogP contribution in [-0.4, -0.2) is 64.5 Å². The van der Waals surface area contributed by atoms with E-state index < -0.39 is 17.8 Å². The fourth-order valence-corrected chi connectivity index (χ4v) is 3.48. The van der Waals surface area contributed by atoms with Crippen molar-refractivity contribution in [2.24, 2.45) is 0 Å². The molecule has 1 fully saturated rings. The van der Waals surface area contributed by atoms with Gasteiger partial charge in [-0.1, -0.05) is 0 Å². The second kappa shape index (κ2) is 9.15. The van der Waals surface area contributed by atoms with Crippen molar-refractivity contribution in [1.82, 2.24) is 14.9 Å². The fourth-order valence-electron chi connectivity index (χ4n) is 3.48. The highest BCUT2D eigenvalue weighted by Gasteiger charge is 2.32. The number of anilines is 1. The van der Waals surface area contributed by atoms with Gasteiger partial charge in [-0.3, -0.25) is 4.90 Å². The third-order valence-electron chi connectivity index (χ3n) is 4.65. The SMILES string of the molecule is C[C@@H]1CN(CC(O)COc2cc(-c3cnc(N)nc3)cc(C(F)(F)F)c2)C[C@H](C)O1. The highest BCUT2D eigenvalue weighted by Crippen LogP contribution is 2.35. The van der Waals surface area contributed by atoms with Crippen LogP contribution in [0.5, 0.6) is 5.75 Å². The van der Waals surface area contributed by atoms with Gasteiger partial charge in [0.15, 0.2) is 0 Å². The maximum absolute atomic E-state index is 13.3. The molecular formula is C20H25F3N4O3. The van der Waals surface area contributed by atoms with Crippen molar-refractivity contribution in [3.63, 3.8) is 0 Å². The van der Waals surface area contributed by atoms with E-state index in [1.807, 2.05) is 13.8 Å². The molecule has 3 rings (SSSR count). The van der Waals surface area contributed by atoms with Crippen LogP contribution in [0.1, 0.15) is 19.4 Å². The van der Waals surface area contributed by atoms with Gasteiger partial charge in [-0.2, -0.15) is 13.2 Å². The molecular weight excluding hydrogens is 401 g/mol. The van der Waals surface area contributed by atoms with E-state index >= 15 is 0 Å². The fraction of sp³-hybridized carbons (Fsp3) is 0.500. The average molecular weight is 426 g/mol. The Morgan fingerprint density at radius 2 is 1.80 bits per heavy atom. The van der Waals surface area contributed by atoms with Crippen molar-refractivity contribution >= 4 is 5.95 Å². The second-order valence-corrected chi connectivity index (χ2v) is 7.51. The summed E-state index contributed by atoms with van der Waals surface area (Å²) in [4.78, 5) is 9.69. The second-order valence-electron chi connectivity index (χ2n) is 7.51. The third kappa shape index (κ3) is 6.04. The topological polar surface area (TPSA) is 93.7 Å². The average Bonchev–Trinajstić information content (AvgIpc) is 2.65. The van der Waals surface area contributed by atoms with Crippen LogP contribution in [0.4, 0.5) is 19.1 Å². The first kappa shape index (κ1) is 22.3. The van der Waals surface area contributed by atoms with Crippen molar-refractivity contribution in [3.8, 4) is 16.9 Å². The lowest BCUT2D eigenvalue weighted by Gasteiger charge is -2.36. The lowest BCUT2D eigenvalue weighted by molar-refractivity contribution is -0.137. The number of hydrogen-bond acceptors (Lipinski definition) is 7. The van der Waals surface area contributed by atoms with Gasteiger partial charge in [0.2, 0.25) is 5.95 Å². The number of nitrogens with two attached hydrogens (primary N) is 1. The molecule has 2 heterocycles. The first-order valence-corrected chi connectivity index (χ1v) is 9.59. The standard InChI is InChI=1S/C20H25F3N4O3/c1-12-8-27(9-13(2)30-12)10-17(28)11-29-18-4-14(3-16(5-18)20(21,22)23)15-6-25-19(24)26-7-15/h3-7,12-13,17,28H,8-11H2,1-2H3,(H2,24,25,26)/t12-,13+,17?. The summed E-state index contributed by atoms with van der Waals surface area (Å²) in [6.45, 7) is 5.46. The first-order chi connectivity index (χ1) is 14.1. The maximum Gasteiger partial charge on any atom is 0.416 e. The van der Waals surface area contributed by atoms with Crippen LogP contribution >= 0.6 is 0 Å². The molecule has 2 aromatic rings. The normalized spacial score (nSPS) is 21.4. The van der Waals surface area contributed by atoms with Gasteiger partial charge in [-0.25, -0.2) is 9.97 Å². The minimum Gasteiger partial charge on any atom is -0.491 e. The molecule has 1 aromatic heterocycles. The van der Waals surface area contributed by atoms with Gasteiger partial charge >= 0.3 is 6.18 Å². The van der Waals surface area contributed by atoms with E-state index in [-0.39, 0.29) is 36.1 Å². The Morgan fingerprint density at radius 3 is 2.40 bits per heavy atom. The zero-order valence-corrected chi connectivity index (χ0v) is 16.8. The molecule has 0 spiro atoms. The molecule has 7 nitrogen and oxygen atoms in total. The summed E-state index contributed by atoms with van der Waals surface area (Å²) in [5.74, 6) is 0.0245. The zero-order chi connectivity index (χ0) is 21.9. The molecule has 0 aliphatic carbocycles. The van der Waals surface area contributed by atoms with Crippen LogP contribution in [-0.2, 0) is 10.9 Å². The quantitative estimate of drug-likeness (QED) is 0.733. The van der Waals surface area contributed by atoms with Crippen molar-refractivity contribution < 1.29 is 27.8 Å². The van der Waals surface area contributed by atoms with Crippen LogP contribution in [0.15, 0.2) is 30.6 Å².